The zero-order valence-corrected chi connectivity index (χ0v) is 18.9. The molecule has 1 N–H and O–H groups in total. The second kappa shape index (κ2) is 10.4. The Hall–Kier alpha value is -3.45. The summed E-state index contributed by atoms with van der Waals surface area (Å²) in [6.45, 7) is 4.58. The molecular formula is C26H29FN4O2. The van der Waals surface area contributed by atoms with E-state index in [0.717, 1.165) is 29.2 Å². The SMILES string of the molecule is CN=C(NCc1ccc(Cn2ccccc2=O)cc1)N1CC(C)OC(c2ccc(F)cc2)C1. The summed E-state index contributed by atoms with van der Waals surface area (Å²) in [6, 6.07) is 19.9. The van der Waals surface area contributed by atoms with Gasteiger partial charge in [0.25, 0.3) is 5.56 Å². The standard InChI is InChI=1S/C26H29FN4O2/c1-19-16-31(18-24(33-19)22-10-12-23(27)13-11-22)26(28-2)29-15-20-6-8-21(9-7-20)17-30-14-4-3-5-25(30)32/h3-14,19,24H,15-18H2,1-2H3,(H,28,29). The van der Waals surface area contributed by atoms with Crippen LogP contribution in [0.15, 0.2) is 82.7 Å². The van der Waals surface area contributed by atoms with Crippen LogP contribution in [0.1, 0.15) is 29.7 Å². The van der Waals surface area contributed by atoms with Gasteiger partial charge >= 0.3 is 0 Å². The molecule has 1 aliphatic heterocycles. The number of hydrogen-bond donors (Lipinski definition) is 1. The van der Waals surface area contributed by atoms with E-state index >= 15 is 0 Å². The minimum absolute atomic E-state index is 0.00859. The Morgan fingerprint density at radius 2 is 1.79 bits per heavy atom. The summed E-state index contributed by atoms with van der Waals surface area (Å²) in [6.07, 6.45) is 1.67. The summed E-state index contributed by atoms with van der Waals surface area (Å²) in [5.41, 5.74) is 3.14. The average molecular weight is 449 g/mol. The van der Waals surface area contributed by atoms with E-state index < -0.39 is 0 Å². The van der Waals surface area contributed by atoms with Crippen LogP contribution in [-0.4, -0.2) is 41.7 Å². The Balaban J connectivity index is 1.37. The fraction of sp³-hybridized carbons (Fsp3) is 0.308. The van der Waals surface area contributed by atoms with E-state index in [1.54, 1.807) is 42.1 Å². The minimum atomic E-state index is -0.251. The van der Waals surface area contributed by atoms with Crippen molar-refractivity contribution in [3.63, 3.8) is 0 Å². The van der Waals surface area contributed by atoms with Gasteiger partial charge in [-0.05, 0) is 41.8 Å². The van der Waals surface area contributed by atoms with Crippen molar-refractivity contribution in [2.75, 3.05) is 20.1 Å². The van der Waals surface area contributed by atoms with E-state index in [2.05, 4.69) is 27.3 Å². The van der Waals surface area contributed by atoms with Crippen molar-refractivity contribution in [3.8, 4) is 0 Å². The van der Waals surface area contributed by atoms with E-state index in [1.807, 2.05) is 25.1 Å². The third kappa shape index (κ3) is 5.87. The third-order valence-electron chi connectivity index (χ3n) is 5.74. The van der Waals surface area contributed by atoms with Crippen LogP contribution < -0.4 is 10.9 Å². The molecule has 0 amide bonds. The van der Waals surface area contributed by atoms with Gasteiger partial charge in [-0.1, -0.05) is 42.5 Å². The Morgan fingerprint density at radius 3 is 2.48 bits per heavy atom. The monoisotopic (exact) mass is 448 g/mol. The van der Waals surface area contributed by atoms with Gasteiger partial charge in [0.15, 0.2) is 5.96 Å². The maximum Gasteiger partial charge on any atom is 0.250 e. The van der Waals surface area contributed by atoms with Crippen molar-refractivity contribution in [2.24, 2.45) is 4.99 Å². The van der Waals surface area contributed by atoms with Crippen LogP contribution >= 0.6 is 0 Å². The highest BCUT2D eigenvalue weighted by Crippen LogP contribution is 2.25. The molecule has 0 aliphatic carbocycles. The Morgan fingerprint density at radius 1 is 1.06 bits per heavy atom. The van der Waals surface area contributed by atoms with Gasteiger partial charge in [0, 0.05) is 32.4 Å². The molecule has 172 valence electrons. The van der Waals surface area contributed by atoms with Gasteiger partial charge in [0.05, 0.1) is 19.2 Å². The highest BCUT2D eigenvalue weighted by Gasteiger charge is 2.28. The van der Waals surface area contributed by atoms with Gasteiger partial charge in [-0.2, -0.15) is 0 Å². The van der Waals surface area contributed by atoms with Gasteiger partial charge in [-0.25, -0.2) is 4.39 Å². The predicted octanol–water partition coefficient (Wildman–Crippen LogP) is 3.57. The van der Waals surface area contributed by atoms with Gasteiger partial charge in [0.1, 0.15) is 11.9 Å². The van der Waals surface area contributed by atoms with E-state index in [4.69, 9.17) is 4.74 Å². The molecule has 1 fully saturated rings. The molecule has 4 rings (SSSR count). The molecule has 7 heteroatoms. The molecule has 0 spiro atoms. The molecule has 1 saturated heterocycles. The summed E-state index contributed by atoms with van der Waals surface area (Å²) in [5, 5.41) is 3.44. The lowest BCUT2D eigenvalue weighted by atomic mass is 10.1. The average Bonchev–Trinajstić information content (AvgIpc) is 2.82. The van der Waals surface area contributed by atoms with E-state index in [1.165, 1.54) is 12.1 Å². The van der Waals surface area contributed by atoms with Crippen molar-refractivity contribution in [1.82, 2.24) is 14.8 Å². The number of pyridine rings is 1. The van der Waals surface area contributed by atoms with Gasteiger partial charge in [-0.15, -0.1) is 0 Å². The van der Waals surface area contributed by atoms with Crippen molar-refractivity contribution >= 4 is 5.96 Å². The molecule has 33 heavy (non-hydrogen) atoms. The normalized spacial score (nSPS) is 18.9. The van der Waals surface area contributed by atoms with Crippen LogP contribution in [0.4, 0.5) is 4.39 Å². The lowest BCUT2D eigenvalue weighted by molar-refractivity contribution is -0.0605. The molecule has 1 aliphatic rings. The molecule has 0 saturated carbocycles. The molecular weight excluding hydrogens is 419 g/mol. The van der Waals surface area contributed by atoms with Crippen LogP contribution in [0.3, 0.4) is 0 Å². The molecule has 2 atom stereocenters. The lowest BCUT2D eigenvalue weighted by Crippen LogP contribution is -2.50. The molecule has 2 aromatic carbocycles. The number of ether oxygens (including phenoxy) is 1. The fourth-order valence-corrected chi connectivity index (χ4v) is 4.05. The summed E-state index contributed by atoms with van der Waals surface area (Å²) in [7, 11) is 1.77. The molecule has 2 heterocycles. The number of nitrogens with one attached hydrogen (secondary N) is 1. The van der Waals surface area contributed by atoms with Crippen molar-refractivity contribution in [1.29, 1.82) is 0 Å². The summed E-state index contributed by atoms with van der Waals surface area (Å²) in [5.74, 6) is 0.552. The Bertz CT molecular complexity index is 1140. The Kier molecular flexibility index (Phi) is 7.19. The van der Waals surface area contributed by atoms with Crippen molar-refractivity contribution in [2.45, 2.75) is 32.2 Å². The van der Waals surface area contributed by atoms with Gasteiger partial charge in [-0.3, -0.25) is 9.79 Å². The number of benzene rings is 2. The van der Waals surface area contributed by atoms with Crippen LogP contribution in [0.5, 0.6) is 0 Å². The number of guanidine groups is 1. The number of rotatable bonds is 5. The molecule has 1 aromatic heterocycles. The number of aliphatic imine (C=N–C) groups is 1. The number of hydrogen-bond acceptors (Lipinski definition) is 3. The maximum atomic E-state index is 13.3. The van der Waals surface area contributed by atoms with Crippen molar-refractivity contribution in [3.05, 3.63) is 106 Å². The topological polar surface area (TPSA) is 58.9 Å². The number of halogens is 1. The predicted molar refractivity (Wildman–Crippen MR) is 128 cm³/mol. The molecule has 0 radical (unpaired) electrons. The smallest absolute Gasteiger partial charge is 0.250 e. The van der Waals surface area contributed by atoms with Crippen molar-refractivity contribution < 1.29 is 9.13 Å². The highest BCUT2D eigenvalue weighted by molar-refractivity contribution is 5.80. The summed E-state index contributed by atoms with van der Waals surface area (Å²) < 4.78 is 21.1. The quantitative estimate of drug-likeness (QED) is 0.479. The fourth-order valence-electron chi connectivity index (χ4n) is 4.05. The number of aromatic nitrogens is 1. The second-order valence-corrected chi connectivity index (χ2v) is 8.28. The molecule has 3 aromatic rings. The van der Waals surface area contributed by atoms with Crippen LogP contribution in [0, 0.1) is 5.82 Å². The first-order valence-electron chi connectivity index (χ1n) is 11.1. The maximum absolute atomic E-state index is 13.3. The number of nitrogens with zero attached hydrogens (tertiary/aromatic N) is 3. The number of morpholine rings is 1. The van der Waals surface area contributed by atoms with E-state index in [9.17, 15) is 9.18 Å². The van der Waals surface area contributed by atoms with Gasteiger partial charge in [0.2, 0.25) is 0 Å². The zero-order valence-electron chi connectivity index (χ0n) is 18.9. The summed E-state index contributed by atoms with van der Waals surface area (Å²) in [4.78, 5) is 18.6. The van der Waals surface area contributed by atoms with Crippen LogP contribution in [-0.2, 0) is 17.8 Å². The first kappa shape index (κ1) is 22.7. The zero-order chi connectivity index (χ0) is 23.2. The molecule has 0 bridgehead atoms. The van der Waals surface area contributed by atoms with E-state index in [0.29, 0.717) is 19.6 Å². The highest BCUT2D eigenvalue weighted by atomic mass is 19.1. The second-order valence-electron chi connectivity index (χ2n) is 8.28. The third-order valence-corrected chi connectivity index (χ3v) is 5.74. The van der Waals surface area contributed by atoms with Crippen LogP contribution in [0.25, 0.3) is 0 Å². The minimum Gasteiger partial charge on any atom is -0.367 e. The summed E-state index contributed by atoms with van der Waals surface area (Å²) >= 11 is 0. The lowest BCUT2D eigenvalue weighted by Gasteiger charge is -2.38. The first-order valence-corrected chi connectivity index (χ1v) is 11.1. The Labute approximate surface area is 193 Å². The van der Waals surface area contributed by atoms with Gasteiger partial charge < -0.3 is 19.5 Å². The van der Waals surface area contributed by atoms with E-state index in [-0.39, 0.29) is 23.6 Å². The largest absolute Gasteiger partial charge is 0.367 e. The molecule has 6 nitrogen and oxygen atoms in total. The molecule has 2 unspecified atom stereocenters. The van der Waals surface area contributed by atoms with Crippen LogP contribution in [0.2, 0.25) is 0 Å². The first-order chi connectivity index (χ1) is 16.0.